The highest BCUT2D eigenvalue weighted by atomic mass is 32.2. The van der Waals surface area contributed by atoms with E-state index in [1.807, 2.05) is 12.1 Å². The van der Waals surface area contributed by atoms with Gasteiger partial charge in [-0.2, -0.15) is 0 Å². The van der Waals surface area contributed by atoms with Gasteiger partial charge in [-0.15, -0.1) is 11.3 Å². The highest BCUT2D eigenvalue weighted by Crippen LogP contribution is 2.21. The van der Waals surface area contributed by atoms with E-state index in [4.69, 9.17) is 0 Å². The predicted octanol–water partition coefficient (Wildman–Crippen LogP) is 4.49. The van der Waals surface area contributed by atoms with Gasteiger partial charge in [-0.25, -0.2) is 12.8 Å². The second kappa shape index (κ2) is 8.75. The molecule has 3 rings (SSSR count). The Bertz CT molecular complexity index is 1120. The number of carbonyl (C=O) groups is 1. The third kappa shape index (κ3) is 5.21. The number of sulfonamides is 1. The van der Waals surface area contributed by atoms with E-state index >= 15 is 0 Å². The second-order valence-electron chi connectivity index (χ2n) is 6.49. The van der Waals surface area contributed by atoms with Crippen molar-refractivity contribution in [1.29, 1.82) is 0 Å². The summed E-state index contributed by atoms with van der Waals surface area (Å²) in [5.41, 5.74) is 1.20. The molecule has 8 heteroatoms. The SMILES string of the molecule is CCc1ccc(CNC(=O)c2cc(S(=O)(=O)Nc3ccc(F)cc3)ccc2C)s1. The summed E-state index contributed by atoms with van der Waals surface area (Å²) in [5, 5.41) is 2.84. The highest BCUT2D eigenvalue weighted by Gasteiger charge is 2.18. The molecular formula is C21H21FN2O3S2. The van der Waals surface area contributed by atoms with Crippen molar-refractivity contribution in [2.45, 2.75) is 31.7 Å². The van der Waals surface area contributed by atoms with E-state index in [2.05, 4.69) is 17.0 Å². The van der Waals surface area contributed by atoms with Crippen molar-refractivity contribution in [2.75, 3.05) is 4.72 Å². The zero-order valence-corrected chi connectivity index (χ0v) is 17.7. The van der Waals surface area contributed by atoms with Crippen molar-refractivity contribution in [2.24, 2.45) is 0 Å². The van der Waals surface area contributed by atoms with Crippen molar-refractivity contribution in [3.63, 3.8) is 0 Å². The molecule has 0 fully saturated rings. The van der Waals surface area contributed by atoms with Crippen LogP contribution in [-0.2, 0) is 23.0 Å². The van der Waals surface area contributed by atoms with Crippen molar-refractivity contribution in [3.05, 3.63) is 81.3 Å². The first kappa shape index (κ1) is 21.0. The van der Waals surface area contributed by atoms with Crippen molar-refractivity contribution in [1.82, 2.24) is 5.32 Å². The Hall–Kier alpha value is -2.71. The van der Waals surface area contributed by atoms with Gasteiger partial charge in [0, 0.05) is 21.0 Å². The average molecular weight is 433 g/mol. The summed E-state index contributed by atoms with van der Waals surface area (Å²) in [7, 11) is -3.92. The van der Waals surface area contributed by atoms with Gasteiger partial charge in [0.15, 0.2) is 0 Å². The van der Waals surface area contributed by atoms with Crippen molar-refractivity contribution >= 4 is 33.0 Å². The number of benzene rings is 2. The number of aryl methyl sites for hydroxylation is 2. The highest BCUT2D eigenvalue weighted by molar-refractivity contribution is 7.92. The van der Waals surface area contributed by atoms with Gasteiger partial charge in [-0.05, 0) is 67.4 Å². The van der Waals surface area contributed by atoms with Crippen LogP contribution < -0.4 is 10.0 Å². The fraction of sp³-hybridized carbons (Fsp3) is 0.190. The molecule has 5 nitrogen and oxygen atoms in total. The summed E-state index contributed by atoms with van der Waals surface area (Å²) in [6, 6.07) is 13.4. The van der Waals surface area contributed by atoms with Crippen molar-refractivity contribution in [3.8, 4) is 0 Å². The molecule has 0 radical (unpaired) electrons. The normalized spacial score (nSPS) is 11.3. The lowest BCUT2D eigenvalue weighted by Gasteiger charge is -2.11. The molecule has 2 aromatic carbocycles. The third-order valence-electron chi connectivity index (χ3n) is 4.35. The largest absolute Gasteiger partial charge is 0.347 e. The van der Waals surface area contributed by atoms with E-state index in [0.717, 1.165) is 11.3 Å². The van der Waals surface area contributed by atoms with Gasteiger partial charge in [0.2, 0.25) is 0 Å². The number of nitrogens with one attached hydrogen (secondary N) is 2. The maximum atomic E-state index is 13.0. The summed E-state index contributed by atoms with van der Waals surface area (Å²) < 4.78 is 40.7. The third-order valence-corrected chi connectivity index (χ3v) is 6.96. The van der Waals surface area contributed by atoms with Crippen LogP contribution in [0.4, 0.5) is 10.1 Å². The van der Waals surface area contributed by atoms with Gasteiger partial charge in [-0.3, -0.25) is 9.52 Å². The van der Waals surface area contributed by atoms with Crippen molar-refractivity contribution < 1.29 is 17.6 Å². The molecule has 0 aliphatic heterocycles. The first-order chi connectivity index (χ1) is 13.8. The molecule has 0 atom stereocenters. The minimum Gasteiger partial charge on any atom is -0.347 e. The quantitative estimate of drug-likeness (QED) is 0.578. The number of amides is 1. The van der Waals surface area contributed by atoms with Crippen LogP contribution in [0.25, 0.3) is 0 Å². The molecule has 0 unspecified atom stereocenters. The molecule has 1 aromatic heterocycles. The van der Waals surface area contributed by atoms with Gasteiger partial charge in [0.25, 0.3) is 15.9 Å². The molecule has 1 heterocycles. The van der Waals surface area contributed by atoms with Crippen LogP contribution in [0.1, 0.15) is 32.6 Å². The fourth-order valence-corrected chi connectivity index (χ4v) is 4.70. The van der Waals surface area contributed by atoms with Gasteiger partial charge < -0.3 is 5.32 Å². The van der Waals surface area contributed by atoms with Crippen LogP contribution in [0.15, 0.2) is 59.5 Å². The molecule has 0 spiro atoms. The summed E-state index contributed by atoms with van der Waals surface area (Å²) in [5.74, 6) is -0.799. The molecule has 0 saturated carbocycles. The van der Waals surface area contributed by atoms with E-state index < -0.39 is 15.8 Å². The predicted molar refractivity (Wildman–Crippen MR) is 113 cm³/mol. The number of rotatable bonds is 7. The Labute approximate surface area is 173 Å². The molecule has 0 saturated heterocycles. The number of carbonyl (C=O) groups excluding carboxylic acids is 1. The van der Waals surface area contributed by atoms with Gasteiger partial charge in [0.1, 0.15) is 5.82 Å². The fourth-order valence-electron chi connectivity index (χ4n) is 2.71. The Morgan fingerprint density at radius 3 is 2.38 bits per heavy atom. The van der Waals surface area contributed by atoms with Gasteiger partial charge >= 0.3 is 0 Å². The molecule has 152 valence electrons. The van der Waals surface area contributed by atoms with E-state index in [0.29, 0.717) is 17.7 Å². The summed E-state index contributed by atoms with van der Waals surface area (Å²) in [4.78, 5) is 14.9. The Balaban J connectivity index is 1.77. The zero-order valence-electron chi connectivity index (χ0n) is 16.0. The van der Waals surface area contributed by atoms with E-state index in [1.165, 1.54) is 41.3 Å². The lowest BCUT2D eigenvalue weighted by Crippen LogP contribution is -2.24. The minimum atomic E-state index is -3.92. The average Bonchev–Trinajstić information content (AvgIpc) is 3.16. The van der Waals surface area contributed by atoms with Gasteiger partial charge in [0.05, 0.1) is 11.4 Å². The van der Waals surface area contributed by atoms with Crippen LogP contribution in [0.5, 0.6) is 0 Å². The first-order valence-electron chi connectivity index (χ1n) is 9.03. The van der Waals surface area contributed by atoms with E-state index in [1.54, 1.807) is 24.3 Å². The topological polar surface area (TPSA) is 75.3 Å². The molecular weight excluding hydrogens is 411 g/mol. The summed E-state index contributed by atoms with van der Waals surface area (Å²) in [6.45, 7) is 4.20. The van der Waals surface area contributed by atoms with Crippen LogP contribution in [0.2, 0.25) is 0 Å². The van der Waals surface area contributed by atoms with E-state index in [9.17, 15) is 17.6 Å². The van der Waals surface area contributed by atoms with E-state index in [-0.39, 0.29) is 16.5 Å². The van der Waals surface area contributed by atoms with Crippen LogP contribution in [0, 0.1) is 12.7 Å². The minimum absolute atomic E-state index is 0.0398. The number of hydrogen-bond donors (Lipinski definition) is 2. The molecule has 0 bridgehead atoms. The second-order valence-corrected chi connectivity index (χ2v) is 9.43. The molecule has 2 N–H and O–H groups in total. The first-order valence-corrected chi connectivity index (χ1v) is 11.3. The van der Waals surface area contributed by atoms with Crippen LogP contribution in [-0.4, -0.2) is 14.3 Å². The monoisotopic (exact) mass is 432 g/mol. The lowest BCUT2D eigenvalue weighted by atomic mass is 10.1. The molecule has 1 amide bonds. The molecule has 0 aliphatic carbocycles. The lowest BCUT2D eigenvalue weighted by molar-refractivity contribution is 0.0950. The zero-order chi connectivity index (χ0) is 21.0. The summed E-state index contributed by atoms with van der Waals surface area (Å²) >= 11 is 1.64. The van der Waals surface area contributed by atoms with Gasteiger partial charge in [-0.1, -0.05) is 13.0 Å². The molecule has 0 aliphatic rings. The smallest absolute Gasteiger partial charge is 0.261 e. The number of anilines is 1. The molecule has 29 heavy (non-hydrogen) atoms. The Kier molecular flexibility index (Phi) is 6.34. The van der Waals surface area contributed by atoms with Crippen LogP contribution in [0.3, 0.4) is 0 Å². The van der Waals surface area contributed by atoms with Crippen LogP contribution >= 0.6 is 11.3 Å². The summed E-state index contributed by atoms with van der Waals surface area (Å²) in [6.07, 6.45) is 0.943. The number of halogens is 1. The Morgan fingerprint density at radius 2 is 1.72 bits per heavy atom. The maximum Gasteiger partial charge on any atom is 0.261 e. The number of hydrogen-bond acceptors (Lipinski definition) is 4. The molecule has 3 aromatic rings. The standard InChI is InChI=1S/C21H21FN2O3S2/c1-3-17-9-10-18(28-17)13-23-21(25)20-12-19(11-4-14(20)2)29(26,27)24-16-7-5-15(22)6-8-16/h4-12,24H,3,13H2,1-2H3,(H,23,25). The Morgan fingerprint density at radius 1 is 1.03 bits per heavy atom. The number of thiophene rings is 1. The maximum absolute atomic E-state index is 13.0.